The molecule has 1 heterocycles. The van der Waals surface area contributed by atoms with E-state index in [0.29, 0.717) is 12.2 Å². The van der Waals surface area contributed by atoms with Gasteiger partial charge in [0, 0.05) is 12.7 Å². The maximum Gasteiger partial charge on any atom is 0.336 e. The van der Waals surface area contributed by atoms with Gasteiger partial charge in [-0.1, -0.05) is 0 Å². The van der Waals surface area contributed by atoms with Gasteiger partial charge in [0.05, 0.1) is 0 Å². The third-order valence-corrected chi connectivity index (χ3v) is 1.31. The average molecular weight is 154 g/mol. The van der Waals surface area contributed by atoms with E-state index in [1.165, 1.54) is 6.08 Å². The van der Waals surface area contributed by atoms with Gasteiger partial charge in [-0.2, -0.15) is 0 Å². The number of unbranched alkanes of at least 4 members (excludes halogenated alkanes) is 1. The van der Waals surface area contributed by atoms with Gasteiger partial charge in [0.25, 0.3) is 0 Å². The molecule has 0 bridgehead atoms. The normalized spacial score (nSPS) is 19.4. The van der Waals surface area contributed by atoms with Crippen LogP contribution >= 0.6 is 0 Å². The summed E-state index contributed by atoms with van der Waals surface area (Å²) in [5, 5.41) is 8.44. The minimum absolute atomic E-state index is 0.168. The second kappa shape index (κ2) is 3.93. The highest BCUT2D eigenvalue weighted by Gasteiger charge is 2.07. The standard InChI is InChI=1S/C8H10O3/c9-6-2-1-3-7-4-5-8(10)11-7/h3-5,9H,1-2,6H2/b7-3+. The van der Waals surface area contributed by atoms with Crippen molar-refractivity contribution >= 4 is 5.97 Å². The van der Waals surface area contributed by atoms with E-state index < -0.39 is 0 Å². The fraction of sp³-hybridized carbons (Fsp3) is 0.375. The molecule has 0 saturated carbocycles. The smallest absolute Gasteiger partial charge is 0.336 e. The van der Waals surface area contributed by atoms with Crippen LogP contribution in [-0.4, -0.2) is 17.7 Å². The molecular weight excluding hydrogens is 144 g/mol. The second-order valence-electron chi connectivity index (χ2n) is 2.23. The fourth-order valence-electron chi connectivity index (χ4n) is 0.780. The monoisotopic (exact) mass is 154 g/mol. The van der Waals surface area contributed by atoms with Crippen molar-refractivity contribution in [3.05, 3.63) is 24.0 Å². The zero-order valence-electron chi connectivity index (χ0n) is 6.12. The molecule has 3 nitrogen and oxygen atoms in total. The van der Waals surface area contributed by atoms with E-state index in [9.17, 15) is 4.79 Å². The Labute approximate surface area is 65.0 Å². The minimum atomic E-state index is -0.319. The second-order valence-corrected chi connectivity index (χ2v) is 2.23. The molecule has 0 atom stereocenters. The van der Waals surface area contributed by atoms with Crippen LogP contribution in [0.4, 0.5) is 0 Å². The number of aliphatic hydroxyl groups is 1. The third-order valence-electron chi connectivity index (χ3n) is 1.31. The number of carbonyl (C=O) groups excluding carboxylic acids is 1. The highest BCUT2D eigenvalue weighted by atomic mass is 16.5. The SMILES string of the molecule is O=C1C=C/C(=C\CCCO)O1. The number of cyclic esters (lactones) is 1. The Bertz CT molecular complexity index is 203. The van der Waals surface area contributed by atoms with Gasteiger partial charge in [-0.25, -0.2) is 4.79 Å². The van der Waals surface area contributed by atoms with E-state index in [-0.39, 0.29) is 12.6 Å². The van der Waals surface area contributed by atoms with Gasteiger partial charge < -0.3 is 9.84 Å². The molecule has 0 amide bonds. The average Bonchev–Trinajstić information content (AvgIpc) is 2.37. The zero-order chi connectivity index (χ0) is 8.10. The number of esters is 1. The van der Waals surface area contributed by atoms with Gasteiger partial charge in [-0.3, -0.25) is 0 Å². The number of carbonyl (C=O) groups is 1. The molecule has 1 rings (SSSR count). The molecule has 0 aliphatic carbocycles. The van der Waals surface area contributed by atoms with Crippen LogP contribution in [0.5, 0.6) is 0 Å². The summed E-state index contributed by atoms with van der Waals surface area (Å²) in [6.45, 7) is 0.168. The molecule has 60 valence electrons. The molecular formula is C8H10O3. The predicted molar refractivity (Wildman–Crippen MR) is 39.6 cm³/mol. The lowest BCUT2D eigenvalue weighted by molar-refractivity contribution is -0.132. The predicted octanol–water partition coefficient (Wildman–Crippen LogP) is 0.756. The summed E-state index contributed by atoms with van der Waals surface area (Å²) >= 11 is 0. The molecule has 11 heavy (non-hydrogen) atoms. The Balaban J connectivity index is 2.32. The fourth-order valence-corrected chi connectivity index (χ4v) is 0.780. The van der Waals surface area contributed by atoms with Crippen molar-refractivity contribution in [1.29, 1.82) is 0 Å². The van der Waals surface area contributed by atoms with Gasteiger partial charge in [0.15, 0.2) is 0 Å². The van der Waals surface area contributed by atoms with Gasteiger partial charge in [0.1, 0.15) is 5.76 Å². The van der Waals surface area contributed by atoms with Crippen LogP contribution < -0.4 is 0 Å². The lowest BCUT2D eigenvalue weighted by atomic mass is 10.3. The van der Waals surface area contributed by atoms with Crippen LogP contribution in [-0.2, 0) is 9.53 Å². The maximum absolute atomic E-state index is 10.5. The van der Waals surface area contributed by atoms with Gasteiger partial charge >= 0.3 is 5.97 Å². The first-order valence-corrected chi connectivity index (χ1v) is 3.54. The van der Waals surface area contributed by atoms with E-state index in [4.69, 9.17) is 9.84 Å². The first-order valence-electron chi connectivity index (χ1n) is 3.54. The lowest BCUT2D eigenvalue weighted by Gasteiger charge is -1.94. The Morgan fingerprint density at radius 3 is 2.91 bits per heavy atom. The van der Waals surface area contributed by atoms with Crippen molar-refractivity contribution < 1.29 is 14.6 Å². The Morgan fingerprint density at radius 2 is 2.36 bits per heavy atom. The van der Waals surface area contributed by atoms with E-state index in [1.54, 1.807) is 12.2 Å². The van der Waals surface area contributed by atoms with E-state index in [1.807, 2.05) is 0 Å². The van der Waals surface area contributed by atoms with Crippen LogP contribution in [0.1, 0.15) is 12.8 Å². The third kappa shape index (κ3) is 2.55. The number of hydrogen-bond acceptors (Lipinski definition) is 3. The van der Waals surface area contributed by atoms with Crippen molar-refractivity contribution in [2.75, 3.05) is 6.61 Å². The van der Waals surface area contributed by atoms with Crippen molar-refractivity contribution in [2.24, 2.45) is 0 Å². The highest BCUT2D eigenvalue weighted by Crippen LogP contribution is 2.09. The van der Waals surface area contributed by atoms with Crippen molar-refractivity contribution in [2.45, 2.75) is 12.8 Å². The molecule has 0 unspecified atom stereocenters. The molecule has 0 aromatic rings. The van der Waals surface area contributed by atoms with E-state index >= 15 is 0 Å². The topological polar surface area (TPSA) is 46.5 Å². The number of allylic oxidation sites excluding steroid dienone is 2. The van der Waals surface area contributed by atoms with Gasteiger partial charge in [0.2, 0.25) is 0 Å². The van der Waals surface area contributed by atoms with Gasteiger partial charge in [-0.05, 0) is 25.0 Å². The summed E-state index contributed by atoms with van der Waals surface area (Å²) < 4.78 is 4.74. The van der Waals surface area contributed by atoms with Crippen LogP contribution in [0.25, 0.3) is 0 Å². The number of aliphatic hydroxyl groups excluding tert-OH is 1. The quantitative estimate of drug-likeness (QED) is 0.482. The molecule has 0 fully saturated rings. The highest BCUT2D eigenvalue weighted by molar-refractivity contribution is 5.86. The largest absolute Gasteiger partial charge is 0.424 e. The summed E-state index contributed by atoms with van der Waals surface area (Å²) in [7, 11) is 0. The summed E-state index contributed by atoms with van der Waals surface area (Å²) in [5.74, 6) is 0.267. The first-order chi connectivity index (χ1) is 5.33. The number of ether oxygens (including phenoxy) is 1. The number of hydrogen-bond donors (Lipinski definition) is 1. The van der Waals surface area contributed by atoms with E-state index in [0.717, 1.165) is 6.42 Å². The molecule has 0 spiro atoms. The molecule has 1 aliphatic rings. The Morgan fingerprint density at radius 1 is 1.55 bits per heavy atom. The summed E-state index contributed by atoms with van der Waals surface area (Å²) in [6.07, 6.45) is 6.24. The van der Waals surface area contributed by atoms with Crippen LogP contribution in [0.15, 0.2) is 24.0 Å². The summed E-state index contributed by atoms with van der Waals surface area (Å²) in [5.41, 5.74) is 0. The lowest BCUT2D eigenvalue weighted by Crippen LogP contribution is -1.90. The summed E-state index contributed by atoms with van der Waals surface area (Å²) in [4.78, 5) is 10.5. The molecule has 0 aromatic carbocycles. The van der Waals surface area contributed by atoms with Crippen LogP contribution in [0, 0.1) is 0 Å². The Hall–Kier alpha value is -1.09. The maximum atomic E-state index is 10.5. The zero-order valence-corrected chi connectivity index (χ0v) is 6.12. The van der Waals surface area contributed by atoms with Crippen LogP contribution in [0.3, 0.4) is 0 Å². The van der Waals surface area contributed by atoms with Crippen LogP contribution in [0.2, 0.25) is 0 Å². The molecule has 1 aliphatic heterocycles. The first kappa shape index (κ1) is 8.01. The molecule has 0 aromatic heterocycles. The Kier molecular flexibility index (Phi) is 2.86. The van der Waals surface area contributed by atoms with Crippen molar-refractivity contribution in [1.82, 2.24) is 0 Å². The summed E-state index contributed by atoms with van der Waals surface area (Å²) in [6, 6.07) is 0. The molecule has 3 heteroatoms. The molecule has 0 saturated heterocycles. The minimum Gasteiger partial charge on any atom is -0.424 e. The van der Waals surface area contributed by atoms with Gasteiger partial charge in [-0.15, -0.1) is 0 Å². The van der Waals surface area contributed by atoms with Crippen molar-refractivity contribution in [3.8, 4) is 0 Å². The molecule has 1 N–H and O–H groups in total. The van der Waals surface area contributed by atoms with E-state index in [2.05, 4.69) is 0 Å². The molecule has 0 radical (unpaired) electrons. The number of rotatable bonds is 3. The van der Waals surface area contributed by atoms with Crippen molar-refractivity contribution in [3.63, 3.8) is 0 Å².